The van der Waals surface area contributed by atoms with Crippen LogP contribution in [-0.2, 0) is 0 Å². The van der Waals surface area contributed by atoms with Gasteiger partial charge in [0.2, 0.25) is 0 Å². The first-order valence-corrected chi connectivity index (χ1v) is 14.1. The summed E-state index contributed by atoms with van der Waals surface area (Å²) < 4.78 is 17.4. The van der Waals surface area contributed by atoms with Crippen molar-refractivity contribution in [1.29, 1.82) is 0 Å². The molecule has 0 aliphatic carbocycles. The van der Waals surface area contributed by atoms with Crippen LogP contribution >= 0.6 is 0 Å². The smallest absolute Gasteiger partial charge is 0.321 e. The molecule has 0 bridgehead atoms. The number of rotatable bonds is 13. The number of aromatic nitrogens is 2. The molecule has 40 heavy (non-hydrogen) atoms. The van der Waals surface area contributed by atoms with E-state index in [1.807, 2.05) is 50.2 Å². The second kappa shape index (κ2) is 14.6. The van der Waals surface area contributed by atoms with Gasteiger partial charge in [-0.2, -0.15) is 0 Å². The molecule has 2 heterocycles. The first-order chi connectivity index (χ1) is 19.4. The lowest BCUT2D eigenvalue weighted by atomic mass is 10.1. The summed E-state index contributed by atoms with van der Waals surface area (Å²) in [4.78, 5) is 25.6. The number of carbonyl (C=O) groups is 1. The van der Waals surface area contributed by atoms with Gasteiger partial charge in [-0.25, -0.2) is 14.8 Å². The third-order valence-electron chi connectivity index (χ3n) is 6.84. The molecular weight excluding hydrogens is 508 g/mol. The maximum absolute atomic E-state index is 12.6. The van der Waals surface area contributed by atoms with Crippen molar-refractivity contribution in [3.05, 3.63) is 42.7 Å². The Morgan fingerprint density at radius 3 is 2.55 bits per heavy atom. The SMILES string of the molecule is COc1cc2c(NCCNC(=O)N(C)c3ccc(OC(C)C)cc3)ncnc2cc1OCCCN1CCCCC1. The molecule has 2 aromatic carbocycles. The zero-order valence-electron chi connectivity index (χ0n) is 24.1. The zero-order valence-corrected chi connectivity index (χ0v) is 24.1. The van der Waals surface area contributed by atoms with Gasteiger partial charge >= 0.3 is 6.03 Å². The van der Waals surface area contributed by atoms with Crippen LogP contribution in [0.5, 0.6) is 17.2 Å². The number of nitrogens with one attached hydrogen (secondary N) is 2. The van der Waals surface area contributed by atoms with Crippen LogP contribution in [0.4, 0.5) is 16.3 Å². The highest BCUT2D eigenvalue weighted by molar-refractivity contribution is 5.92. The molecule has 0 radical (unpaired) electrons. The molecule has 2 N–H and O–H groups in total. The van der Waals surface area contributed by atoms with Crippen LogP contribution in [-0.4, -0.2) is 80.5 Å². The highest BCUT2D eigenvalue weighted by Crippen LogP contribution is 2.34. The average molecular weight is 551 g/mol. The van der Waals surface area contributed by atoms with Gasteiger partial charge in [0.05, 0.1) is 25.3 Å². The van der Waals surface area contributed by atoms with Gasteiger partial charge in [-0.3, -0.25) is 4.90 Å². The van der Waals surface area contributed by atoms with Gasteiger partial charge in [-0.1, -0.05) is 6.42 Å². The third kappa shape index (κ3) is 8.11. The van der Waals surface area contributed by atoms with Crippen LogP contribution in [0.1, 0.15) is 39.5 Å². The minimum atomic E-state index is -0.198. The molecule has 3 aromatic rings. The Morgan fingerprint density at radius 1 is 1.05 bits per heavy atom. The molecule has 0 unspecified atom stereocenters. The molecule has 216 valence electrons. The summed E-state index contributed by atoms with van der Waals surface area (Å²) in [6, 6.07) is 11.1. The molecule has 0 atom stereocenters. The minimum Gasteiger partial charge on any atom is -0.493 e. The fraction of sp³-hybridized carbons (Fsp3) is 0.500. The molecule has 1 saturated heterocycles. The molecule has 2 amide bonds. The normalized spacial score (nSPS) is 13.7. The highest BCUT2D eigenvalue weighted by Gasteiger charge is 2.14. The standard InChI is InChI=1S/C30H42N6O4/c1-22(2)40-24-11-9-23(10-12-24)35(3)30(37)32-14-13-31-29-25-19-27(38-4)28(20-26(25)33-21-34-29)39-18-8-17-36-15-6-5-7-16-36/h9-12,19-22H,5-8,13-18H2,1-4H3,(H,32,37)(H,31,33,34). The van der Waals surface area contributed by atoms with Gasteiger partial charge in [0.15, 0.2) is 11.5 Å². The number of anilines is 2. The molecule has 0 saturated carbocycles. The Balaban J connectivity index is 1.28. The monoisotopic (exact) mass is 550 g/mol. The van der Waals surface area contributed by atoms with Crippen molar-refractivity contribution < 1.29 is 19.0 Å². The Morgan fingerprint density at radius 2 is 1.82 bits per heavy atom. The summed E-state index contributed by atoms with van der Waals surface area (Å²) in [6.45, 7) is 8.92. The van der Waals surface area contributed by atoms with Crippen LogP contribution in [0, 0.1) is 0 Å². The van der Waals surface area contributed by atoms with E-state index < -0.39 is 0 Å². The van der Waals surface area contributed by atoms with Gasteiger partial charge in [0.25, 0.3) is 0 Å². The van der Waals surface area contributed by atoms with E-state index in [2.05, 4.69) is 25.5 Å². The predicted molar refractivity (Wildman–Crippen MR) is 159 cm³/mol. The van der Waals surface area contributed by atoms with E-state index in [1.165, 1.54) is 38.7 Å². The van der Waals surface area contributed by atoms with Gasteiger partial charge in [-0.15, -0.1) is 0 Å². The number of hydrogen-bond donors (Lipinski definition) is 2. The Labute approximate surface area is 237 Å². The van der Waals surface area contributed by atoms with Crippen molar-refractivity contribution in [2.45, 2.75) is 45.6 Å². The molecular formula is C30H42N6O4. The number of nitrogens with zero attached hydrogens (tertiary/aromatic N) is 4. The second-order valence-electron chi connectivity index (χ2n) is 10.2. The summed E-state index contributed by atoms with van der Waals surface area (Å²) in [5, 5.41) is 7.06. The van der Waals surface area contributed by atoms with E-state index in [-0.39, 0.29) is 12.1 Å². The first kappa shape index (κ1) is 29.2. The number of likely N-dealkylation sites (tertiary alicyclic amines) is 1. The van der Waals surface area contributed by atoms with Crippen molar-refractivity contribution in [1.82, 2.24) is 20.2 Å². The predicted octanol–water partition coefficient (Wildman–Crippen LogP) is 4.94. The number of methoxy groups -OCH3 is 1. The van der Waals surface area contributed by atoms with E-state index in [4.69, 9.17) is 14.2 Å². The second-order valence-corrected chi connectivity index (χ2v) is 10.2. The molecule has 4 rings (SSSR count). The van der Waals surface area contributed by atoms with Crippen LogP contribution in [0.2, 0.25) is 0 Å². The summed E-state index contributed by atoms with van der Waals surface area (Å²) >= 11 is 0. The van der Waals surface area contributed by atoms with E-state index >= 15 is 0 Å². The van der Waals surface area contributed by atoms with Crippen LogP contribution < -0.4 is 29.7 Å². The fourth-order valence-corrected chi connectivity index (χ4v) is 4.74. The quantitative estimate of drug-likeness (QED) is 0.289. The summed E-state index contributed by atoms with van der Waals surface area (Å²) in [5.74, 6) is 2.76. The number of benzene rings is 2. The van der Waals surface area contributed by atoms with Crippen molar-refractivity contribution >= 4 is 28.4 Å². The lowest BCUT2D eigenvalue weighted by Gasteiger charge is -2.26. The third-order valence-corrected chi connectivity index (χ3v) is 6.84. The molecule has 1 aliphatic rings. The first-order valence-electron chi connectivity index (χ1n) is 14.1. The number of urea groups is 1. The van der Waals surface area contributed by atoms with E-state index in [1.54, 1.807) is 19.1 Å². The molecule has 10 nitrogen and oxygen atoms in total. The van der Waals surface area contributed by atoms with Crippen molar-refractivity contribution in [3.8, 4) is 17.2 Å². The molecule has 1 fully saturated rings. The number of amides is 2. The number of carbonyl (C=O) groups excluding carboxylic acids is 1. The van der Waals surface area contributed by atoms with E-state index in [0.29, 0.717) is 37.0 Å². The van der Waals surface area contributed by atoms with Gasteiger partial charge in [-0.05, 0) is 76.5 Å². The van der Waals surface area contributed by atoms with Gasteiger partial charge < -0.3 is 29.7 Å². The fourth-order valence-electron chi connectivity index (χ4n) is 4.74. The average Bonchev–Trinajstić information content (AvgIpc) is 2.97. The molecule has 0 spiro atoms. The minimum absolute atomic E-state index is 0.0991. The molecule has 1 aromatic heterocycles. The van der Waals surface area contributed by atoms with Crippen LogP contribution in [0.25, 0.3) is 10.9 Å². The Kier molecular flexibility index (Phi) is 10.6. The lowest BCUT2D eigenvalue weighted by molar-refractivity contribution is 0.203. The van der Waals surface area contributed by atoms with Crippen molar-refractivity contribution in [2.24, 2.45) is 0 Å². The molecule has 10 heteroatoms. The summed E-state index contributed by atoms with van der Waals surface area (Å²) in [6.07, 6.45) is 6.52. The maximum Gasteiger partial charge on any atom is 0.321 e. The largest absolute Gasteiger partial charge is 0.493 e. The Hall–Kier alpha value is -3.79. The number of piperidine rings is 1. The van der Waals surface area contributed by atoms with E-state index in [0.717, 1.165) is 35.3 Å². The topological polar surface area (TPSA) is 101 Å². The maximum atomic E-state index is 12.6. The number of fused-ring (bicyclic) bond motifs is 1. The van der Waals surface area contributed by atoms with Crippen LogP contribution in [0.3, 0.4) is 0 Å². The Bertz CT molecular complexity index is 1230. The van der Waals surface area contributed by atoms with Gasteiger partial charge in [0, 0.05) is 43.8 Å². The number of ether oxygens (including phenoxy) is 3. The van der Waals surface area contributed by atoms with Gasteiger partial charge in [0.1, 0.15) is 17.9 Å². The van der Waals surface area contributed by atoms with Crippen molar-refractivity contribution in [2.75, 3.05) is 63.7 Å². The lowest BCUT2D eigenvalue weighted by Crippen LogP contribution is -2.39. The molecule has 1 aliphatic heterocycles. The highest BCUT2D eigenvalue weighted by atomic mass is 16.5. The van der Waals surface area contributed by atoms with Crippen LogP contribution in [0.15, 0.2) is 42.7 Å². The van der Waals surface area contributed by atoms with E-state index in [9.17, 15) is 4.79 Å². The number of hydrogen-bond acceptors (Lipinski definition) is 8. The summed E-state index contributed by atoms with van der Waals surface area (Å²) in [7, 11) is 3.37. The zero-order chi connectivity index (χ0) is 28.3. The summed E-state index contributed by atoms with van der Waals surface area (Å²) in [5.41, 5.74) is 1.54. The van der Waals surface area contributed by atoms with Crippen molar-refractivity contribution in [3.63, 3.8) is 0 Å².